The zero-order valence-corrected chi connectivity index (χ0v) is 14.7. The summed E-state index contributed by atoms with van der Waals surface area (Å²) in [4.78, 5) is 14.9. The molecule has 1 aromatic carbocycles. The molecule has 4 heteroatoms. The fourth-order valence-corrected chi connectivity index (χ4v) is 3.38. The van der Waals surface area contributed by atoms with Crippen LogP contribution in [0.3, 0.4) is 0 Å². The van der Waals surface area contributed by atoms with Gasteiger partial charge in [-0.15, -0.1) is 0 Å². The number of halogens is 1. The van der Waals surface area contributed by atoms with Crippen LogP contribution in [0.5, 0.6) is 0 Å². The molecule has 23 heavy (non-hydrogen) atoms. The number of nitrogens with zero attached hydrogens (tertiary/aromatic N) is 1. The lowest BCUT2D eigenvalue weighted by atomic mass is 9.84. The van der Waals surface area contributed by atoms with Crippen molar-refractivity contribution in [2.24, 2.45) is 0 Å². The molecule has 0 aliphatic carbocycles. The molecule has 0 radical (unpaired) electrons. The Kier molecular flexibility index (Phi) is 5.79. The van der Waals surface area contributed by atoms with Gasteiger partial charge in [-0.3, -0.25) is 9.69 Å². The van der Waals surface area contributed by atoms with Crippen LogP contribution < -0.4 is 5.32 Å². The second-order valence-corrected chi connectivity index (χ2v) is 7.42. The van der Waals surface area contributed by atoms with Crippen molar-refractivity contribution in [3.63, 3.8) is 0 Å². The first kappa shape index (κ1) is 17.9. The number of hydrogen-bond donors (Lipinski definition) is 1. The summed E-state index contributed by atoms with van der Waals surface area (Å²) in [5.74, 6) is -0.143. The Morgan fingerprint density at radius 2 is 2.04 bits per heavy atom. The third kappa shape index (κ3) is 4.31. The minimum atomic E-state index is -0.432. The second-order valence-electron chi connectivity index (χ2n) is 7.42. The smallest absolute Gasteiger partial charge is 0.237 e. The Hall–Kier alpha value is -1.42. The molecule has 1 aliphatic rings. The fraction of sp³-hybridized carbons (Fsp3) is 0.632. The van der Waals surface area contributed by atoms with E-state index < -0.39 is 5.41 Å². The van der Waals surface area contributed by atoms with Crippen LogP contribution in [0.25, 0.3) is 0 Å². The first-order valence-corrected chi connectivity index (χ1v) is 8.61. The molecule has 1 aliphatic heterocycles. The van der Waals surface area contributed by atoms with E-state index in [0.717, 1.165) is 25.8 Å². The topological polar surface area (TPSA) is 32.3 Å². The number of piperidine rings is 1. The van der Waals surface area contributed by atoms with Gasteiger partial charge < -0.3 is 5.32 Å². The van der Waals surface area contributed by atoms with Crippen LogP contribution in [-0.4, -0.2) is 36.0 Å². The molecule has 128 valence electrons. The Morgan fingerprint density at radius 1 is 1.35 bits per heavy atom. The molecule has 0 aromatic heterocycles. The van der Waals surface area contributed by atoms with E-state index in [1.165, 1.54) is 6.07 Å². The van der Waals surface area contributed by atoms with Crippen molar-refractivity contribution in [1.82, 2.24) is 10.2 Å². The largest absolute Gasteiger partial charge is 0.354 e. The number of nitrogens with one attached hydrogen (secondary N) is 1. The molecular formula is C19H29FN2O. The highest BCUT2D eigenvalue weighted by Gasteiger charge is 2.32. The molecular weight excluding hydrogens is 291 g/mol. The number of amides is 1. The SMILES string of the molecule is CC(C)N1CCCCC1C(=O)NCC(C)(C)c1ccccc1F. The summed E-state index contributed by atoms with van der Waals surface area (Å²) in [5.41, 5.74) is 0.211. The highest BCUT2D eigenvalue weighted by Crippen LogP contribution is 2.25. The summed E-state index contributed by atoms with van der Waals surface area (Å²) < 4.78 is 14.0. The molecule has 1 atom stereocenters. The molecule has 0 bridgehead atoms. The van der Waals surface area contributed by atoms with Crippen LogP contribution in [0.15, 0.2) is 24.3 Å². The summed E-state index contributed by atoms with van der Waals surface area (Å²) >= 11 is 0. The number of carbonyl (C=O) groups is 1. The molecule has 0 spiro atoms. The Bertz CT molecular complexity index is 542. The molecule has 1 amide bonds. The van der Waals surface area contributed by atoms with Crippen molar-refractivity contribution in [3.05, 3.63) is 35.6 Å². The van der Waals surface area contributed by atoms with Crippen molar-refractivity contribution < 1.29 is 9.18 Å². The zero-order valence-electron chi connectivity index (χ0n) is 14.7. The number of likely N-dealkylation sites (tertiary alicyclic amines) is 1. The molecule has 1 heterocycles. The number of hydrogen-bond acceptors (Lipinski definition) is 2. The minimum absolute atomic E-state index is 0.0554. The third-order valence-electron chi connectivity index (χ3n) is 4.82. The Balaban J connectivity index is 2.01. The van der Waals surface area contributed by atoms with Gasteiger partial charge in [0.2, 0.25) is 5.91 Å². The van der Waals surface area contributed by atoms with Gasteiger partial charge in [0, 0.05) is 18.0 Å². The van der Waals surface area contributed by atoms with Crippen molar-refractivity contribution in [2.75, 3.05) is 13.1 Å². The van der Waals surface area contributed by atoms with Gasteiger partial charge in [0.25, 0.3) is 0 Å². The average Bonchev–Trinajstić information content (AvgIpc) is 2.53. The summed E-state index contributed by atoms with van der Waals surface area (Å²) in [7, 11) is 0. The van der Waals surface area contributed by atoms with E-state index in [1.807, 2.05) is 19.9 Å². The summed E-state index contributed by atoms with van der Waals surface area (Å²) in [6.45, 7) is 9.62. The molecule has 1 unspecified atom stereocenters. The van der Waals surface area contributed by atoms with Crippen LogP contribution >= 0.6 is 0 Å². The average molecular weight is 320 g/mol. The van der Waals surface area contributed by atoms with Gasteiger partial charge in [-0.1, -0.05) is 38.5 Å². The second kappa shape index (κ2) is 7.43. The monoisotopic (exact) mass is 320 g/mol. The quantitative estimate of drug-likeness (QED) is 0.901. The van der Waals surface area contributed by atoms with E-state index in [9.17, 15) is 9.18 Å². The highest BCUT2D eigenvalue weighted by molar-refractivity contribution is 5.82. The van der Waals surface area contributed by atoms with E-state index >= 15 is 0 Å². The van der Waals surface area contributed by atoms with E-state index in [4.69, 9.17) is 0 Å². The molecule has 1 fully saturated rings. The van der Waals surface area contributed by atoms with Gasteiger partial charge in [0.05, 0.1) is 6.04 Å². The van der Waals surface area contributed by atoms with Gasteiger partial charge in [0.1, 0.15) is 5.82 Å². The van der Waals surface area contributed by atoms with Crippen LogP contribution in [0.2, 0.25) is 0 Å². The molecule has 1 N–H and O–H groups in total. The molecule has 0 saturated carbocycles. The Labute approximate surface area is 139 Å². The lowest BCUT2D eigenvalue weighted by molar-refractivity contribution is -0.128. The van der Waals surface area contributed by atoms with Gasteiger partial charge in [-0.25, -0.2) is 4.39 Å². The maximum Gasteiger partial charge on any atom is 0.237 e. The number of rotatable bonds is 5. The molecule has 3 nitrogen and oxygen atoms in total. The lowest BCUT2D eigenvalue weighted by Gasteiger charge is -2.38. The predicted octanol–water partition coefficient (Wildman–Crippen LogP) is 3.48. The summed E-state index contributed by atoms with van der Waals surface area (Å²) in [6, 6.07) is 7.11. The summed E-state index contributed by atoms with van der Waals surface area (Å²) in [5, 5.41) is 3.06. The van der Waals surface area contributed by atoms with E-state index in [2.05, 4.69) is 24.1 Å². The zero-order chi connectivity index (χ0) is 17.0. The van der Waals surface area contributed by atoms with Crippen molar-refractivity contribution in [3.8, 4) is 0 Å². The van der Waals surface area contributed by atoms with Crippen LogP contribution in [-0.2, 0) is 10.2 Å². The minimum Gasteiger partial charge on any atom is -0.354 e. The van der Waals surface area contributed by atoms with Crippen molar-refractivity contribution in [1.29, 1.82) is 0 Å². The molecule has 2 rings (SSSR count). The normalized spacial score (nSPS) is 19.8. The van der Waals surface area contributed by atoms with Crippen molar-refractivity contribution >= 4 is 5.91 Å². The standard InChI is InChI=1S/C19H29FN2O/c1-14(2)22-12-8-7-11-17(22)18(23)21-13-19(3,4)15-9-5-6-10-16(15)20/h5-6,9-10,14,17H,7-8,11-13H2,1-4H3,(H,21,23). The maximum atomic E-state index is 14.0. The summed E-state index contributed by atoms with van der Waals surface area (Å²) in [6.07, 6.45) is 3.16. The third-order valence-corrected chi connectivity index (χ3v) is 4.82. The highest BCUT2D eigenvalue weighted by atomic mass is 19.1. The van der Waals surface area contributed by atoms with Crippen LogP contribution in [0.4, 0.5) is 4.39 Å². The van der Waals surface area contributed by atoms with Crippen LogP contribution in [0, 0.1) is 5.82 Å². The molecule has 1 saturated heterocycles. The van der Waals surface area contributed by atoms with E-state index in [1.54, 1.807) is 12.1 Å². The number of benzene rings is 1. The van der Waals surface area contributed by atoms with E-state index in [0.29, 0.717) is 18.2 Å². The van der Waals surface area contributed by atoms with Gasteiger partial charge in [-0.2, -0.15) is 0 Å². The van der Waals surface area contributed by atoms with Gasteiger partial charge in [0.15, 0.2) is 0 Å². The maximum absolute atomic E-state index is 14.0. The fourth-order valence-electron chi connectivity index (χ4n) is 3.38. The first-order chi connectivity index (χ1) is 10.8. The predicted molar refractivity (Wildman–Crippen MR) is 91.9 cm³/mol. The van der Waals surface area contributed by atoms with Crippen LogP contribution in [0.1, 0.15) is 52.5 Å². The number of carbonyl (C=O) groups excluding carboxylic acids is 1. The molecule has 1 aromatic rings. The van der Waals surface area contributed by atoms with Gasteiger partial charge in [-0.05, 0) is 44.9 Å². The lowest BCUT2D eigenvalue weighted by Crippen LogP contribution is -2.53. The van der Waals surface area contributed by atoms with Crippen molar-refractivity contribution in [2.45, 2.75) is 64.5 Å². The van der Waals surface area contributed by atoms with E-state index in [-0.39, 0.29) is 17.8 Å². The Morgan fingerprint density at radius 3 is 2.70 bits per heavy atom. The van der Waals surface area contributed by atoms with Gasteiger partial charge >= 0.3 is 0 Å². The first-order valence-electron chi connectivity index (χ1n) is 8.61.